The number of aryl methyl sites for hydroxylation is 2. The van der Waals surface area contributed by atoms with Crippen molar-refractivity contribution in [3.8, 4) is 11.5 Å². The molecule has 0 unspecified atom stereocenters. The quantitative estimate of drug-likeness (QED) is 0.173. The molecule has 41 heavy (non-hydrogen) atoms. The van der Waals surface area contributed by atoms with Crippen molar-refractivity contribution in [2.75, 3.05) is 4.90 Å². The number of anilines is 1. The number of urea groups is 1. The Morgan fingerprint density at radius 2 is 1.32 bits per heavy atom. The first-order valence-corrected chi connectivity index (χ1v) is 13.7. The maximum absolute atomic E-state index is 13.3. The summed E-state index contributed by atoms with van der Waals surface area (Å²) in [6.45, 7) is 4.92. The second-order valence-electron chi connectivity index (χ2n) is 9.64. The number of hydrogen-bond acceptors (Lipinski definition) is 5. The maximum atomic E-state index is 13.3. The molecule has 1 saturated heterocycles. The topological polar surface area (TPSA) is 84.9 Å². The van der Waals surface area contributed by atoms with E-state index in [2.05, 4.69) is 47.2 Å². The molecule has 1 N–H and O–H groups in total. The summed E-state index contributed by atoms with van der Waals surface area (Å²) in [6, 6.07) is 26.8. The highest BCUT2D eigenvalue weighted by atomic mass is 79.9. The van der Waals surface area contributed by atoms with Gasteiger partial charge >= 0.3 is 6.03 Å². The second-order valence-corrected chi connectivity index (χ2v) is 10.6. The molecule has 0 aliphatic carbocycles. The monoisotopic (exact) mass is 610 g/mol. The molecular weight excluding hydrogens is 584 g/mol. The number of carbonyl (C=O) groups excluding carboxylic acids is 3. The molecule has 0 saturated carbocycles. The molecule has 1 aliphatic heterocycles. The highest BCUT2D eigenvalue weighted by Crippen LogP contribution is 2.25. The number of hydrogen-bond donors (Lipinski definition) is 1. The van der Waals surface area contributed by atoms with Crippen LogP contribution in [0.2, 0.25) is 0 Å². The lowest BCUT2D eigenvalue weighted by Gasteiger charge is -2.26. The van der Waals surface area contributed by atoms with Gasteiger partial charge in [0.15, 0.2) is 0 Å². The third-order valence-corrected chi connectivity index (χ3v) is 7.21. The largest absolute Gasteiger partial charge is 0.489 e. The van der Waals surface area contributed by atoms with Crippen LogP contribution in [-0.4, -0.2) is 17.8 Å². The number of barbiturate groups is 1. The van der Waals surface area contributed by atoms with Crippen LogP contribution in [0.1, 0.15) is 27.8 Å². The predicted octanol–water partition coefficient (Wildman–Crippen LogP) is 6.89. The molecule has 4 aromatic carbocycles. The van der Waals surface area contributed by atoms with Crippen LogP contribution in [0.4, 0.5) is 10.5 Å². The van der Waals surface area contributed by atoms with Gasteiger partial charge in [-0.05, 0) is 96.3 Å². The molecule has 0 bridgehead atoms. The van der Waals surface area contributed by atoms with Gasteiger partial charge in [0.05, 0.1) is 5.69 Å². The fourth-order valence-electron chi connectivity index (χ4n) is 4.22. The minimum absolute atomic E-state index is 0.149. The first-order valence-electron chi connectivity index (χ1n) is 12.9. The number of nitrogens with zero attached hydrogens (tertiary/aromatic N) is 1. The van der Waals surface area contributed by atoms with Crippen molar-refractivity contribution in [2.45, 2.75) is 27.1 Å². The molecule has 5 rings (SSSR count). The average Bonchev–Trinajstić information content (AvgIpc) is 2.97. The van der Waals surface area contributed by atoms with Gasteiger partial charge in [-0.1, -0.05) is 58.4 Å². The number of rotatable bonds is 8. The van der Waals surface area contributed by atoms with Crippen LogP contribution in [0.15, 0.2) is 101 Å². The fourth-order valence-corrected chi connectivity index (χ4v) is 4.48. The number of nitrogens with one attached hydrogen (secondary N) is 1. The van der Waals surface area contributed by atoms with Crippen LogP contribution in [0.3, 0.4) is 0 Å². The van der Waals surface area contributed by atoms with Crippen LogP contribution in [0.5, 0.6) is 11.5 Å². The van der Waals surface area contributed by atoms with Gasteiger partial charge in [-0.25, -0.2) is 9.69 Å². The first kappa shape index (κ1) is 27.9. The zero-order valence-corrected chi connectivity index (χ0v) is 24.1. The third-order valence-electron chi connectivity index (χ3n) is 6.68. The maximum Gasteiger partial charge on any atom is 0.335 e. The van der Waals surface area contributed by atoms with Crippen LogP contribution < -0.4 is 19.7 Å². The number of carbonyl (C=O) groups is 3. The van der Waals surface area contributed by atoms with E-state index in [1.807, 2.05) is 30.3 Å². The van der Waals surface area contributed by atoms with Crippen molar-refractivity contribution in [1.82, 2.24) is 5.32 Å². The molecule has 8 heteroatoms. The van der Waals surface area contributed by atoms with E-state index in [4.69, 9.17) is 9.47 Å². The molecule has 1 fully saturated rings. The van der Waals surface area contributed by atoms with Crippen LogP contribution in [-0.2, 0) is 22.8 Å². The summed E-state index contributed by atoms with van der Waals surface area (Å²) >= 11 is 3.41. The standard InChI is InChI=1S/C33H27BrN2O5/c1-21-3-4-25(17-22(21)2)20-41-28-13-7-23(8-14-28)18-30-31(37)35-33(39)36(32(30)38)27-11-15-29(16-12-27)40-19-24-5-9-26(34)10-6-24/h3-18H,19-20H2,1-2H3,(H,35,37,39)/b30-18+. The summed E-state index contributed by atoms with van der Waals surface area (Å²) in [7, 11) is 0. The lowest BCUT2D eigenvalue weighted by molar-refractivity contribution is -0.122. The van der Waals surface area contributed by atoms with Crippen molar-refractivity contribution in [3.05, 3.63) is 129 Å². The van der Waals surface area contributed by atoms with Gasteiger partial charge in [-0.15, -0.1) is 0 Å². The lowest BCUT2D eigenvalue weighted by atomic mass is 10.1. The molecule has 4 aromatic rings. The molecule has 4 amide bonds. The Hall–Kier alpha value is -4.69. The van der Waals surface area contributed by atoms with Gasteiger partial charge in [0.2, 0.25) is 0 Å². The van der Waals surface area contributed by atoms with Crippen molar-refractivity contribution in [2.24, 2.45) is 0 Å². The third kappa shape index (κ3) is 6.73. The number of amides is 4. The molecule has 206 valence electrons. The molecule has 0 spiro atoms. The zero-order chi connectivity index (χ0) is 28.9. The molecule has 1 heterocycles. The lowest BCUT2D eigenvalue weighted by Crippen LogP contribution is -2.54. The van der Waals surface area contributed by atoms with E-state index >= 15 is 0 Å². The Bertz CT molecular complexity index is 1630. The van der Waals surface area contributed by atoms with Crippen LogP contribution in [0, 0.1) is 13.8 Å². The van der Waals surface area contributed by atoms with Crippen molar-refractivity contribution < 1.29 is 23.9 Å². The number of halogens is 1. The van der Waals surface area contributed by atoms with E-state index in [-0.39, 0.29) is 5.57 Å². The number of benzene rings is 4. The summed E-state index contributed by atoms with van der Waals surface area (Å²) in [5.74, 6) is -0.227. The summed E-state index contributed by atoms with van der Waals surface area (Å²) in [4.78, 5) is 39.4. The minimum atomic E-state index is -0.809. The second kappa shape index (κ2) is 12.2. The van der Waals surface area contributed by atoms with Crippen molar-refractivity contribution >= 4 is 45.5 Å². The van der Waals surface area contributed by atoms with Gasteiger partial charge in [0, 0.05) is 4.47 Å². The molecule has 7 nitrogen and oxygen atoms in total. The number of imide groups is 2. The van der Waals surface area contributed by atoms with E-state index in [0.717, 1.165) is 20.5 Å². The smallest absolute Gasteiger partial charge is 0.335 e. The summed E-state index contributed by atoms with van der Waals surface area (Å²) in [5, 5.41) is 2.25. The van der Waals surface area contributed by atoms with Gasteiger partial charge < -0.3 is 9.47 Å². The first-order chi connectivity index (χ1) is 19.8. The molecule has 0 radical (unpaired) electrons. The van der Waals surface area contributed by atoms with Gasteiger partial charge in [0.1, 0.15) is 30.3 Å². The van der Waals surface area contributed by atoms with E-state index in [1.54, 1.807) is 48.5 Å². The van der Waals surface area contributed by atoms with Gasteiger partial charge in [0.25, 0.3) is 11.8 Å². The Morgan fingerprint density at radius 3 is 1.95 bits per heavy atom. The summed E-state index contributed by atoms with van der Waals surface area (Å²) in [5.41, 5.74) is 5.28. The molecule has 0 atom stereocenters. The van der Waals surface area contributed by atoms with Crippen LogP contribution >= 0.6 is 15.9 Å². The molecule has 0 aromatic heterocycles. The Morgan fingerprint density at radius 1 is 0.732 bits per heavy atom. The highest BCUT2D eigenvalue weighted by molar-refractivity contribution is 9.10. The average molecular weight is 611 g/mol. The SMILES string of the molecule is Cc1ccc(COc2ccc(/C=C3\C(=O)NC(=O)N(c4ccc(OCc5ccc(Br)cc5)cc4)C3=O)cc2)cc1C. The van der Waals surface area contributed by atoms with Gasteiger partial charge in [-0.3, -0.25) is 14.9 Å². The van der Waals surface area contributed by atoms with Crippen LogP contribution in [0.25, 0.3) is 6.08 Å². The summed E-state index contributed by atoms with van der Waals surface area (Å²) < 4.78 is 12.7. The Labute approximate surface area is 246 Å². The normalized spacial score (nSPS) is 14.3. The Kier molecular flexibility index (Phi) is 8.31. The molecular formula is C33H27BrN2O5. The van der Waals surface area contributed by atoms with Gasteiger partial charge in [-0.2, -0.15) is 0 Å². The highest BCUT2D eigenvalue weighted by Gasteiger charge is 2.36. The van der Waals surface area contributed by atoms with E-state index < -0.39 is 17.8 Å². The number of ether oxygens (including phenoxy) is 2. The molecule has 1 aliphatic rings. The summed E-state index contributed by atoms with van der Waals surface area (Å²) in [6.07, 6.45) is 1.46. The van der Waals surface area contributed by atoms with Crippen molar-refractivity contribution in [3.63, 3.8) is 0 Å². The van der Waals surface area contributed by atoms with E-state index in [1.165, 1.54) is 17.2 Å². The predicted molar refractivity (Wildman–Crippen MR) is 161 cm³/mol. The minimum Gasteiger partial charge on any atom is -0.489 e. The van der Waals surface area contributed by atoms with Crippen molar-refractivity contribution in [1.29, 1.82) is 0 Å². The zero-order valence-electron chi connectivity index (χ0n) is 22.5. The van der Waals surface area contributed by atoms with E-state index in [9.17, 15) is 14.4 Å². The fraction of sp³-hybridized carbons (Fsp3) is 0.121. The Balaban J connectivity index is 1.25. The van der Waals surface area contributed by atoms with E-state index in [0.29, 0.717) is 36.0 Å².